The molecular weight excluding hydrogens is 502 g/mol. The molecule has 0 aliphatic heterocycles. The van der Waals surface area contributed by atoms with Gasteiger partial charge in [-0.25, -0.2) is 0 Å². The van der Waals surface area contributed by atoms with E-state index in [2.05, 4.69) is 152 Å². The molecule has 2 atom stereocenters. The molecular formula is C32H42FeP2. The third-order valence-electron chi connectivity index (χ3n) is 6.24. The molecule has 0 nitrogen and oxygen atoms in total. The van der Waals surface area contributed by atoms with Gasteiger partial charge in [0.25, 0.3) is 0 Å². The number of hydrogen-bond donors (Lipinski definition) is 0. The Balaban J connectivity index is 0.000000640. The predicted octanol–water partition coefficient (Wildman–Crippen LogP) is 9.16. The molecule has 0 aromatic heterocycles. The van der Waals surface area contributed by atoms with E-state index >= 15 is 0 Å². The van der Waals surface area contributed by atoms with Crippen molar-refractivity contribution in [2.24, 2.45) is 5.92 Å². The standard InChI is InChI=1S/C27H36P2.C5H6.Fe/c1-21(29(26(2,3)4)27(5,6)7)24-19-14-20-25(24)28(22-15-10-8-11-16-22)23-17-12-9-13-18-23;1-2-4-5-3-1;/h8-21,24H,1-7H3;1-4H,5H2;/t21-,24?;;/m0../s1. The summed E-state index contributed by atoms with van der Waals surface area (Å²) < 4.78 is 0. The molecule has 2 aliphatic carbocycles. The smallest absolute Gasteiger partial charge is 0.00971 e. The van der Waals surface area contributed by atoms with E-state index in [0.717, 1.165) is 6.42 Å². The fourth-order valence-corrected chi connectivity index (χ4v) is 13.3. The molecule has 0 radical (unpaired) electrons. The summed E-state index contributed by atoms with van der Waals surface area (Å²) >= 11 is 0. The molecule has 0 bridgehead atoms. The van der Waals surface area contributed by atoms with Crippen LogP contribution in [0.5, 0.6) is 0 Å². The Hall–Kier alpha value is -1.22. The molecule has 0 fully saturated rings. The van der Waals surface area contributed by atoms with Crippen LogP contribution in [0.15, 0.2) is 109 Å². The maximum atomic E-state index is 2.51. The van der Waals surface area contributed by atoms with Gasteiger partial charge in [0.05, 0.1) is 0 Å². The summed E-state index contributed by atoms with van der Waals surface area (Å²) in [5.41, 5.74) is 0.646. The van der Waals surface area contributed by atoms with Crippen LogP contribution in [0.1, 0.15) is 54.9 Å². The molecule has 0 spiro atoms. The van der Waals surface area contributed by atoms with Crippen molar-refractivity contribution in [3.05, 3.63) is 109 Å². The second kappa shape index (κ2) is 13.4. The fourth-order valence-electron chi connectivity index (χ4n) is 5.50. The molecule has 1 unspecified atom stereocenters. The maximum absolute atomic E-state index is 2.51. The first-order chi connectivity index (χ1) is 16.1. The van der Waals surface area contributed by atoms with Crippen LogP contribution in [-0.2, 0) is 17.1 Å². The first kappa shape index (κ1) is 30.0. The minimum Gasteiger partial charge on any atom is -0.0918 e. The maximum Gasteiger partial charge on any atom is 0.00971 e. The zero-order valence-corrected chi connectivity index (χ0v) is 25.3. The molecule has 2 aromatic rings. The van der Waals surface area contributed by atoms with E-state index in [1.165, 1.54) is 10.6 Å². The van der Waals surface area contributed by atoms with E-state index in [1.54, 1.807) is 5.31 Å². The molecule has 0 N–H and O–H groups in total. The molecule has 0 amide bonds. The van der Waals surface area contributed by atoms with Gasteiger partial charge in [0, 0.05) is 23.0 Å². The number of allylic oxidation sites excluding steroid dienone is 8. The number of benzene rings is 2. The Labute approximate surface area is 228 Å². The van der Waals surface area contributed by atoms with Gasteiger partial charge in [-0.05, 0) is 46.2 Å². The summed E-state index contributed by atoms with van der Waals surface area (Å²) in [5, 5.41) is 5.19. The third kappa shape index (κ3) is 8.14. The minimum absolute atomic E-state index is 0. The van der Waals surface area contributed by atoms with Gasteiger partial charge in [0.1, 0.15) is 0 Å². The molecule has 35 heavy (non-hydrogen) atoms. The van der Waals surface area contributed by atoms with Crippen molar-refractivity contribution < 1.29 is 17.1 Å². The summed E-state index contributed by atoms with van der Waals surface area (Å²) in [4.78, 5) is 0. The zero-order valence-electron chi connectivity index (χ0n) is 22.4. The normalized spacial score (nSPS) is 17.7. The van der Waals surface area contributed by atoms with Gasteiger partial charge < -0.3 is 0 Å². The summed E-state index contributed by atoms with van der Waals surface area (Å²) in [6.07, 6.45) is 16.7. The average Bonchev–Trinajstić information content (AvgIpc) is 3.49. The van der Waals surface area contributed by atoms with Crippen molar-refractivity contribution in [2.45, 2.75) is 70.9 Å². The van der Waals surface area contributed by atoms with Crippen LogP contribution in [0.25, 0.3) is 0 Å². The Bertz CT molecular complexity index is 957. The molecule has 0 saturated carbocycles. The van der Waals surface area contributed by atoms with Crippen LogP contribution in [0.3, 0.4) is 0 Å². The first-order valence-electron chi connectivity index (χ1n) is 12.5. The van der Waals surface area contributed by atoms with Crippen molar-refractivity contribution in [3.8, 4) is 0 Å². The molecule has 2 aromatic carbocycles. The van der Waals surface area contributed by atoms with Crippen LogP contribution in [0.4, 0.5) is 0 Å². The number of rotatable bonds is 5. The van der Waals surface area contributed by atoms with Gasteiger partial charge in [0.2, 0.25) is 0 Å². The van der Waals surface area contributed by atoms with Gasteiger partial charge >= 0.3 is 0 Å². The van der Waals surface area contributed by atoms with Gasteiger partial charge in [-0.15, -0.1) is 0 Å². The summed E-state index contributed by atoms with van der Waals surface area (Å²) in [7, 11) is -0.697. The molecule has 0 saturated heterocycles. The third-order valence-corrected chi connectivity index (χ3v) is 12.9. The van der Waals surface area contributed by atoms with Crippen LogP contribution < -0.4 is 10.6 Å². The Kier molecular flexibility index (Phi) is 11.5. The van der Waals surface area contributed by atoms with Crippen LogP contribution >= 0.6 is 15.8 Å². The van der Waals surface area contributed by atoms with E-state index in [0.29, 0.717) is 21.9 Å². The molecule has 3 heteroatoms. The summed E-state index contributed by atoms with van der Waals surface area (Å²) in [6, 6.07) is 22.3. The van der Waals surface area contributed by atoms with Crippen LogP contribution in [0, 0.1) is 5.92 Å². The van der Waals surface area contributed by atoms with Gasteiger partial charge in [-0.2, -0.15) is 0 Å². The monoisotopic (exact) mass is 544 g/mol. The zero-order chi connectivity index (χ0) is 24.8. The topological polar surface area (TPSA) is 0 Å². The second-order valence-electron chi connectivity index (χ2n) is 11.1. The second-order valence-corrected chi connectivity index (χ2v) is 17.5. The number of hydrogen-bond acceptors (Lipinski definition) is 0. The largest absolute Gasteiger partial charge is 0.0918 e. The van der Waals surface area contributed by atoms with E-state index in [4.69, 9.17) is 0 Å². The summed E-state index contributed by atoms with van der Waals surface area (Å²) in [5.74, 6) is 0.520. The first-order valence-corrected chi connectivity index (χ1v) is 15.3. The molecule has 2 aliphatic rings. The Morgan fingerprint density at radius 3 is 1.54 bits per heavy atom. The summed E-state index contributed by atoms with van der Waals surface area (Å²) in [6.45, 7) is 17.2. The van der Waals surface area contributed by atoms with Crippen molar-refractivity contribution in [1.82, 2.24) is 0 Å². The van der Waals surface area contributed by atoms with Gasteiger partial charge in [-0.1, -0.05) is 160 Å². The van der Waals surface area contributed by atoms with Gasteiger partial charge in [0.15, 0.2) is 0 Å². The Morgan fingerprint density at radius 2 is 1.17 bits per heavy atom. The molecule has 0 heterocycles. The van der Waals surface area contributed by atoms with E-state index in [9.17, 15) is 0 Å². The fraction of sp³-hybridized carbons (Fsp3) is 0.375. The van der Waals surface area contributed by atoms with Crippen LogP contribution in [0.2, 0.25) is 0 Å². The SMILES string of the molecule is C1=CCC=C1.C[C@@H](C1C=CC=C1P(c1ccccc1)c1ccccc1)P(C(C)(C)C)C(C)(C)C.[Fe]. The van der Waals surface area contributed by atoms with Crippen molar-refractivity contribution >= 4 is 26.5 Å². The predicted molar refractivity (Wildman–Crippen MR) is 159 cm³/mol. The van der Waals surface area contributed by atoms with Gasteiger partial charge in [-0.3, -0.25) is 0 Å². The molecule has 4 rings (SSSR count). The van der Waals surface area contributed by atoms with E-state index < -0.39 is 7.92 Å². The molecule has 188 valence electrons. The van der Waals surface area contributed by atoms with E-state index in [-0.39, 0.29) is 25.0 Å². The Morgan fingerprint density at radius 1 is 0.714 bits per heavy atom. The van der Waals surface area contributed by atoms with Crippen molar-refractivity contribution in [2.75, 3.05) is 0 Å². The quantitative estimate of drug-likeness (QED) is 0.260. The average molecular weight is 544 g/mol. The van der Waals surface area contributed by atoms with E-state index in [1.807, 2.05) is 0 Å². The van der Waals surface area contributed by atoms with Crippen molar-refractivity contribution in [1.29, 1.82) is 0 Å². The minimum atomic E-state index is -0.511. The van der Waals surface area contributed by atoms with Crippen LogP contribution in [-0.4, -0.2) is 16.0 Å². The van der Waals surface area contributed by atoms with Crippen molar-refractivity contribution in [3.63, 3.8) is 0 Å².